The van der Waals surface area contributed by atoms with E-state index in [1.54, 1.807) is 6.07 Å². The first-order chi connectivity index (χ1) is 14.1. The maximum absolute atomic E-state index is 12.8. The van der Waals surface area contributed by atoms with Gasteiger partial charge in [-0.1, -0.05) is 24.3 Å². The van der Waals surface area contributed by atoms with Crippen LogP contribution in [-0.4, -0.2) is 14.3 Å². The van der Waals surface area contributed by atoms with Crippen molar-refractivity contribution in [1.82, 2.24) is 0 Å². The topological polar surface area (TPSA) is 98.5 Å². The Morgan fingerprint density at radius 2 is 1.50 bits per heavy atom. The zero-order chi connectivity index (χ0) is 21.9. The Balaban J connectivity index is 1.90. The molecule has 0 fully saturated rings. The van der Waals surface area contributed by atoms with Gasteiger partial charge in [-0.15, -0.1) is 0 Å². The van der Waals surface area contributed by atoms with E-state index >= 15 is 0 Å². The van der Waals surface area contributed by atoms with Crippen molar-refractivity contribution in [2.45, 2.75) is 11.1 Å². The Kier molecular flexibility index (Phi) is 5.70. The molecule has 0 bridgehead atoms. The lowest BCUT2D eigenvalue weighted by molar-refractivity contribution is -0.137. The number of carbonyl (C=O) groups is 1. The lowest BCUT2D eigenvalue weighted by Gasteiger charge is -2.15. The SMILES string of the molecule is NC(=O)c1ccccc1S(=O)(=O)Nc1ccccc1Oc1ccc(C(F)(F)F)cc1. The molecule has 0 aliphatic rings. The molecular weight excluding hydrogens is 421 g/mol. The second-order valence-corrected chi connectivity index (χ2v) is 7.74. The summed E-state index contributed by atoms with van der Waals surface area (Å²) in [5, 5.41) is 0. The van der Waals surface area contributed by atoms with Gasteiger partial charge in [0.1, 0.15) is 10.6 Å². The number of sulfonamides is 1. The van der Waals surface area contributed by atoms with E-state index in [0.29, 0.717) is 0 Å². The van der Waals surface area contributed by atoms with Gasteiger partial charge in [-0.25, -0.2) is 8.42 Å². The van der Waals surface area contributed by atoms with Crippen LogP contribution in [0.15, 0.2) is 77.7 Å². The lowest BCUT2D eigenvalue weighted by Crippen LogP contribution is -2.20. The number of rotatable bonds is 6. The van der Waals surface area contributed by atoms with Gasteiger partial charge >= 0.3 is 6.18 Å². The molecule has 3 aromatic carbocycles. The minimum absolute atomic E-state index is 0.0247. The normalized spacial score (nSPS) is 11.7. The minimum Gasteiger partial charge on any atom is -0.455 e. The van der Waals surface area contributed by atoms with Gasteiger partial charge in [0.05, 0.1) is 16.8 Å². The molecule has 0 aromatic heterocycles. The molecule has 3 N–H and O–H groups in total. The number of ether oxygens (including phenoxy) is 1. The highest BCUT2D eigenvalue weighted by molar-refractivity contribution is 7.92. The highest BCUT2D eigenvalue weighted by atomic mass is 32.2. The van der Waals surface area contributed by atoms with Gasteiger partial charge in [0.25, 0.3) is 10.0 Å². The third kappa shape index (κ3) is 4.71. The number of amides is 1. The molecular formula is C20H15F3N2O4S. The fourth-order valence-electron chi connectivity index (χ4n) is 2.58. The van der Waals surface area contributed by atoms with Crippen LogP contribution in [0.1, 0.15) is 15.9 Å². The molecule has 0 saturated carbocycles. The van der Waals surface area contributed by atoms with Crippen molar-refractivity contribution in [3.63, 3.8) is 0 Å². The van der Waals surface area contributed by atoms with Gasteiger partial charge in [0.2, 0.25) is 5.91 Å². The van der Waals surface area contributed by atoms with Gasteiger partial charge < -0.3 is 10.5 Å². The van der Waals surface area contributed by atoms with Crippen LogP contribution in [0.3, 0.4) is 0 Å². The zero-order valence-corrected chi connectivity index (χ0v) is 16.0. The lowest BCUT2D eigenvalue weighted by atomic mass is 10.2. The van der Waals surface area contributed by atoms with Crippen molar-refractivity contribution in [1.29, 1.82) is 0 Å². The largest absolute Gasteiger partial charge is 0.455 e. The number of benzene rings is 3. The Labute approximate surface area is 170 Å². The van der Waals surface area contributed by atoms with Crippen LogP contribution in [0.4, 0.5) is 18.9 Å². The minimum atomic E-state index is -4.49. The Hall–Kier alpha value is -3.53. The number of nitrogens with two attached hydrogens (primary N) is 1. The summed E-state index contributed by atoms with van der Waals surface area (Å²) in [7, 11) is -4.21. The molecule has 156 valence electrons. The van der Waals surface area contributed by atoms with E-state index in [0.717, 1.165) is 24.3 Å². The Morgan fingerprint density at radius 1 is 0.900 bits per heavy atom. The molecule has 0 radical (unpaired) electrons. The van der Waals surface area contributed by atoms with E-state index in [1.165, 1.54) is 42.5 Å². The highest BCUT2D eigenvalue weighted by Crippen LogP contribution is 2.34. The van der Waals surface area contributed by atoms with E-state index in [4.69, 9.17) is 10.5 Å². The van der Waals surface area contributed by atoms with E-state index in [1.807, 2.05) is 0 Å². The number of hydrogen-bond acceptors (Lipinski definition) is 4. The molecule has 1 amide bonds. The van der Waals surface area contributed by atoms with Crippen LogP contribution in [-0.2, 0) is 16.2 Å². The molecule has 0 spiro atoms. The summed E-state index contributed by atoms with van der Waals surface area (Å²) in [4.78, 5) is 11.2. The molecule has 0 aliphatic carbocycles. The molecule has 10 heteroatoms. The summed E-state index contributed by atoms with van der Waals surface area (Å²) >= 11 is 0. The zero-order valence-electron chi connectivity index (χ0n) is 15.2. The van der Waals surface area contributed by atoms with Gasteiger partial charge in [-0.3, -0.25) is 9.52 Å². The van der Waals surface area contributed by atoms with Crippen LogP contribution in [0.25, 0.3) is 0 Å². The number of alkyl halides is 3. The van der Waals surface area contributed by atoms with E-state index < -0.39 is 27.7 Å². The number of hydrogen-bond donors (Lipinski definition) is 2. The quantitative estimate of drug-likeness (QED) is 0.599. The van der Waals surface area contributed by atoms with Crippen LogP contribution in [0.5, 0.6) is 11.5 Å². The fraction of sp³-hybridized carbons (Fsp3) is 0.0500. The summed E-state index contributed by atoms with van der Waals surface area (Å²) < 4.78 is 71.5. The van der Waals surface area contributed by atoms with Crippen molar-refractivity contribution >= 4 is 21.6 Å². The molecule has 0 aliphatic heterocycles. The third-order valence-corrected chi connectivity index (χ3v) is 5.41. The van der Waals surface area contributed by atoms with Crippen molar-refractivity contribution in [2.24, 2.45) is 5.73 Å². The molecule has 0 saturated heterocycles. The van der Waals surface area contributed by atoms with Crippen LogP contribution in [0.2, 0.25) is 0 Å². The number of halogens is 3. The average Bonchev–Trinajstić information content (AvgIpc) is 2.69. The molecule has 0 heterocycles. The predicted molar refractivity (Wildman–Crippen MR) is 104 cm³/mol. The summed E-state index contributed by atoms with van der Waals surface area (Å²) in [6.45, 7) is 0. The second kappa shape index (κ2) is 8.07. The molecule has 3 rings (SSSR count). The first-order valence-corrected chi connectivity index (χ1v) is 9.92. The molecule has 6 nitrogen and oxygen atoms in total. The Morgan fingerprint density at radius 3 is 2.13 bits per heavy atom. The van der Waals surface area contributed by atoms with Gasteiger partial charge in [-0.05, 0) is 48.5 Å². The smallest absolute Gasteiger partial charge is 0.416 e. The fourth-order valence-corrected chi connectivity index (χ4v) is 3.87. The van der Waals surface area contributed by atoms with Crippen molar-refractivity contribution < 1.29 is 31.1 Å². The summed E-state index contributed by atoms with van der Waals surface area (Å²) in [6, 6.07) is 15.3. The van der Waals surface area contributed by atoms with E-state index in [2.05, 4.69) is 4.72 Å². The molecule has 0 atom stereocenters. The summed E-state index contributed by atoms with van der Waals surface area (Å²) in [6.07, 6.45) is -4.49. The molecule has 0 unspecified atom stereocenters. The first kappa shape index (κ1) is 21.2. The summed E-state index contributed by atoms with van der Waals surface area (Å²) in [5.41, 5.74) is 4.24. The standard InChI is InChI=1S/C20H15F3N2O4S/c21-20(22,23)13-9-11-14(12-10-13)29-17-7-3-2-6-16(17)25-30(27,28)18-8-4-1-5-15(18)19(24)26/h1-12,25H,(H2,24,26). The second-order valence-electron chi connectivity index (χ2n) is 6.09. The maximum atomic E-state index is 12.8. The van der Waals surface area contributed by atoms with Gasteiger partial charge in [-0.2, -0.15) is 13.2 Å². The van der Waals surface area contributed by atoms with Gasteiger partial charge in [0.15, 0.2) is 5.75 Å². The predicted octanol–water partition coefficient (Wildman–Crippen LogP) is 4.40. The van der Waals surface area contributed by atoms with Gasteiger partial charge in [0, 0.05) is 0 Å². The average molecular weight is 436 g/mol. The number of carbonyl (C=O) groups excluding carboxylic acids is 1. The van der Waals surface area contributed by atoms with Crippen molar-refractivity contribution in [3.8, 4) is 11.5 Å². The van der Waals surface area contributed by atoms with Crippen LogP contribution >= 0.6 is 0 Å². The van der Waals surface area contributed by atoms with E-state index in [-0.39, 0.29) is 27.6 Å². The van der Waals surface area contributed by atoms with Crippen molar-refractivity contribution in [3.05, 3.63) is 83.9 Å². The van der Waals surface area contributed by atoms with Crippen LogP contribution < -0.4 is 15.2 Å². The maximum Gasteiger partial charge on any atom is 0.416 e. The molecule has 30 heavy (non-hydrogen) atoms. The summed E-state index contributed by atoms with van der Waals surface area (Å²) in [5.74, 6) is -0.783. The van der Waals surface area contributed by atoms with Crippen molar-refractivity contribution in [2.75, 3.05) is 4.72 Å². The van der Waals surface area contributed by atoms with Crippen LogP contribution in [0, 0.1) is 0 Å². The third-order valence-electron chi connectivity index (χ3n) is 3.98. The number of anilines is 1. The molecule has 3 aromatic rings. The highest BCUT2D eigenvalue weighted by Gasteiger charge is 2.30. The number of nitrogens with one attached hydrogen (secondary N) is 1. The van der Waals surface area contributed by atoms with E-state index in [9.17, 15) is 26.4 Å². The number of primary amides is 1. The first-order valence-electron chi connectivity index (χ1n) is 8.44. The monoisotopic (exact) mass is 436 g/mol. The Bertz CT molecular complexity index is 1180. The number of para-hydroxylation sites is 2.